The van der Waals surface area contributed by atoms with Crippen LogP contribution in [-0.4, -0.2) is 36.7 Å². The molecule has 1 aliphatic rings. The molecule has 2 N–H and O–H groups in total. The molecule has 18 heavy (non-hydrogen) atoms. The summed E-state index contributed by atoms with van der Waals surface area (Å²) in [6, 6.07) is 9.06. The number of ether oxygens (including phenoxy) is 1. The third-order valence-electron chi connectivity index (χ3n) is 3.67. The Morgan fingerprint density at radius 2 is 2.00 bits per heavy atom. The van der Waals surface area contributed by atoms with E-state index in [9.17, 15) is 0 Å². The van der Waals surface area contributed by atoms with E-state index in [4.69, 9.17) is 10.5 Å². The third-order valence-corrected chi connectivity index (χ3v) is 3.67. The van der Waals surface area contributed by atoms with Crippen LogP contribution in [0.2, 0.25) is 0 Å². The number of hydrogen-bond acceptors (Lipinski definition) is 3. The molecule has 1 aliphatic heterocycles. The number of morpholine rings is 1. The van der Waals surface area contributed by atoms with Crippen LogP contribution in [0, 0.1) is 6.92 Å². The van der Waals surface area contributed by atoms with Gasteiger partial charge < -0.3 is 10.5 Å². The summed E-state index contributed by atoms with van der Waals surface area (Å²) < 4.78 is 5.64. The van der Waals surface area contributed by atoms with Crippen LogP contribution in [-0.2, 0) is 4.74 Å². The van der Waals surface area contributed by atoms with E-state index in [0.29, 0.717) is 12.1 Å². The van der Waals surface area contributed by atoms with Crippen LogP contribution in [0.1, 0.15) is 31.0 Å². The molecule has 0 saturated carbocycles. The summed E-state index contributed by atoms with van der Waals surface area (Å²) in [6.07, 6.45) is 0.311. The monoisotopic (exact) mass is 248 g/mol. The summed E-state index contributed by atoms with van der Waals surface area (Å²) in [5.74, 6) is 0. The lowest BCUT2D eigenvalue weighted by Crippen LogP contribution is -2.49. The first-order chi connectivity index (χ1) is 8.56. The van der Waals surface area contributed by atoms with E-state index >= 15 is 0 Å². The van der Waals surface area contributed by atoms with Crippen molar-refractivity contribution in [2.24, 2.45) is 5.73 Å². The molecule has 3 unspecified atom stereocenters. The van der Waals surface area contributed by atoms with Gasteiger partial charge in [0.2, 0.25) is 0 Å². The Hall–Kier alpha value is -0.900. The maximum atomic E-state index is 6.30. The minimum absolute atomic E-state index is 0.0818. The Labute approximate surface area is 110 Å². The van der Waals surface area contributed by atoms with Crippen LogP contribution < -0.4 is 5.73 Å². The van der Waals surface area contributed by atoms with Gasteiger partial charge in [-0.3, -0.25) is 4.90 Å². The van der Waals surface area contributed by atoms with Crippen LogP contribution >= 0.6 is 0 Å². The number of nitrogens with zero attached hydrogens (tertiary/aromatic N) is 1. The van der Waals surface area contributed by atoms with E-state index < -0.39 is 0 Å². The van der Waals surface area contributed by atoms with Crippen molar-refractivity contribution in [2.75, 3.05) is 19.7 Å². The third kappa shape index (κ3) is 3.31. The van der Waals surface area contributed by atoms with Gasteiger partial charge in [-0.05, 0) is 26.3 Å². The van der Waals surface area contributed by atoms with Crippen molar-refractivity contribution in [3.63, 3.8) is 0 Å². The maximum Gasteiger partial charge on any atom is 0.0674 e. The van der Waals surface area contributed by atoms with Gasteiger partial charge in [0.1, 0.15) is 0 Å². The van der Waals surface area contributed by atoms with Crippen molar-refractivity contribution in [3.8, 4) is 0 Å². The average molecular weight is 248 g/mol. The summed E-state index contributed by atoms with van der Waals surface area (Å²) in [5, 5.41) is 0. The van der Waals surface area contributed by atoms with Gasteiger partial charge >= 0.3 is 0 Å². The molecule has 0 radical (unpaired) electrons. The molecule has 0 aromatic heterocycles. The molecule has 1 saturated heterocycles. The Balaban J connectivity index is 1.97. The van der Waals surface area contributed by atoms with Gasteiger partial charge in [0, 0.05) is 25.2 Å². The van der Waals surface area contributed by atoms with Gasteiger partial charge in [-0.2, -0.15) is 0 Å². The Morgan fingerprint density at radius 3 is 2.67 bits per heavy atom. The summed E-state index contributed by atoms with van der Waals surface area (Å²) in [4.78, 5) is 2.43. The number of nitrogens with two attached hydrogens (primary N) is 1. The van der Waals surface area contributed by atoms with Gasteiger partial charge in [0.25, 0.3) is 0 Å². The van der Waals surface area contributed by atoms with Crippen molar-refractivity contribution in [3.05, 3.63) is 35.4 Å². The van der Waals surface area contributed by atoms with Gasteiger partial charge in [0.15, 0.2) is 0 Å². The number of benzene rings is 1. The molecule has 1 aromatic rings. The first kappa shape index (κ1) is 13.5. The highest BCUT2D eigenvalue weighted by atomic mass is 16.5. The summed E-state index contributed by atoms with van der Waals surface area (Å²) in [5.41, 5.74) is 8.79. The highest BCUT2D eigenvalue weighted by Crippen LogP contribution is 2.17. The molecule has 1 aromatic carbocycles. The molecule has 100 valence electrons. The smallest absolute Gasteiger partial charge is 0.0674 e. The summed E-state index contributed by atoms with van der Waals surface area (Å²) in [6.45, 7) is 9.10. The van der Waals surface area contributed by atoms with Crippen LogP contribution in [0.5, 0.6) is 0 Å². The summed E-state index contributed by atoms with van der Waals surface area (Å²) >= 11 is 0. The van der Waals surface area contributed by atoms with Crippen LogP contribution in [0.4, 0.5) is 0 Å². The maximum absolute atomic E-state index is 6.30. The fourth-order valence-corrected chi connectivity index (χ4v) is 2.40. The zero-order valence-corrected chi connectivity index (χ0v) is 11.6. The minimum atomic E-state index is 0.0818. The quantitative estimate of drug-likeness (QED) is 0.890. The molecule has 0 spiro atoms. The van der Waals surface area contributed by atoms with Crippen molar-refractivity contribution in [1.82, 2.24) is 4.90 Å². The highest BCUT2D eigenvalue weighted by molar-refractivity contribution is 5.24. The topological polar surface area (TPSA) is 38.5 Å². The second kappa shape index (κ2) is 5.83. The molecule has 1 fully saturated rings. The molecule has 0 bridgehead atoms. The van der Waals surface area contributed by atoms with Gasteiger partial charge in [-0.15, -0.1) is 0 Å². The number of aryl methyl sites for hydroxylation is 1. The molecule has 0 aliphatic carbocycles. The average Bonchev–Trinajstić information content (AvgIpc) is 2.34. The van der Waals surface area contributed by atoms with E-state index in [1.165, 1.54) is 11.1 Å². The van der Waals surface area contributed by atoms with E-state index in [2.05, 4.69) is 49.9 Å². The second-order valence-corrected chi connectivity index (χ2v) is 5.46. The van der Waals surface area contributed by atoms with Crippen molar-refractivity contribution < 1.29 is 4.74 Å². The lowest BCUT2D eigenvalue weighted by molar-refractivity contribution is -0.0510. The molecule has 3 heteroatoms. The van der Waals surface area contributed by atoms with Crippen LogP contribution in [0.25, 0.3) is 0 Å². The Morgan fingerprint density at radius 1 is 1.33 bits per heavy atom. The zero-order chi connectivity index (χ0) is 13.1. The predicted octanol–water partition coefficient (Wildman–Crippen LogP) is 2.10. The predicted molar refractivity (Wildman–Crippen MR) is 74.6 cm³/mol. The Bertz CT molecular complexity index is 377. The van der Waals surface area contributed by atoms with E-state index in [1.807, 2.05) is 0 Å². The fraction of sp³-hybridized carbons (Fsp3) is 0.600. The first-order valence-electron chi connectivity index (χ1n) is 6.74. The van der Waals surface area contributed by atoms with E-state index in [-0.39, 0.29) is 6.04 Å². The standard InChI is InChI=1S/C15H24N2O/c1-11-4-6-14(7-5-11)15(16)9-17-8-13(3)18-10-12(17)2/h4-7,12-13,15H,8-10,16H2,1-3H3. The number of rotatable bonds is 3. The molecule has 1 heterocycles. The molecule has 2 rings (SSSR count). The lowest BCUT2D eigenvalue weighted by atomic mass is 10.0. The zero-order valence-electron chi connectivity index (χ0n) is 11.6. The SMILES string of the molecule is Cc1ccc(C(N)CN2CC(C)OCC2C)cc1. The van der Waals surface area contributed by atoms with Gasteiger partial charge in [-0.25, -0.2) is 0 Å². The Kier molecular flexibility index (Phi) is 4.38. The van der Waals surface area contributed by atoms with Crippen molar-refractivity contribution in [1.29, 1.82) is 0 Å². The molecule has 3 atom stereocenters. The van der Waals surface area contributed by atoms with Crippen molar-refractivity contribution in [2.45, 2.75) is 39.0 Å². The summed E-state index contributed by atoms with van der Waals surface area (Å²) in [7, 11) is 0. The largest absolute Gasteiger partial charge is 0.376 e. The molecule has 3 nitrogen and oxygen atoms in total. The molecular weight excluding hydrogens is 224 g/mol. The van der Waals surface area contributed by atoms with Crippen LogP contribution in [0.3, 0.4) is 0 Å². The normalized spacial score (nSPS) is 27.1. The van der Waals surface area contributed by atoms with Crippen molar-refractivity contribution >= 4 is 0 Å². The minimum Gasteiger partial charge on any atom is -0.376 e. The fourth-order valence-electron chi connectivity index (χ4n) is 2.40. The molecular formula is C15H24N2O. The first-order valence-corrected chi connectivity index (χ1v) is 6.74. The van der Waals surface area contributed by atoms with Gasteiger partial charge in [-0.1, -0.05) is 29.8 Å². The van der Waals surface area contributed by atoms with Gasteiger partial charge in [0.05, 0.1) is 12.7 Å². The van der Waals surface area contributed by atoms with E-state index in [0.717, 1.165) is 19.7 Å². The molecule has 0 amide bonds. The number of hydrogen-bond donors (Lipinski definition) is 1. The highest BCUT2D eigenvalue weighted by Gasteiger charge is 2.24. The van der Waals surface area contributed by atoms with Crippen LogP contribution in [0.15, 0.2) is 24.3 Å². The second-order valence-electron chi connectivity index (χ2n) is 5.46. The lowest BCUT2D eigenvalue weighted by Gasteiger charge is -2.38. The van der Waals surface area contributed by atoms with E-state index in [1.54, 1.807) is 0 Å².